The number of hydrogen-bond donors (Lipinski definition) is 0. The fraction of sp³-hybridized carbons (Fsp3) is 0.333. The van der Waals surface area contributed by atoms with Crippen LogP contribution in [-0.2, 0) is 0 Å². The Morgan fingerprint density at radius 1 is 1.17 bits per heavy atom. The topological polar surface area (TPSA) is 61.2 Å². The van der Waals surface area contributed by atoms with Gasteiger partial charge in [0, 0.05) is 21.7 Å². The smallest absolute Gasteiger partial charge is 0.153 e. The summed E-state index contributed by atoms with van der Waals surface area (Å²) >= 11 is 0. The summed E-state index contributed by atoms with van der Waals surface area (Å²) in [5.41, 5.74) is 12.4. The fourth-order valence-electron chi connectivity index (χ4n) is 2.96. The Balaban J connectivity index is 2.25. The average Bonchev–Trinajstić information content (AvgIpc) is 2.88. The van der Waals surface area contributed by atoms with E-state index in [-0.39, 0.29) is 11.6 Å². The molecule has 1 heterocycles. The number of fused-ring (bicyclic) bond motifs is 1. The van der Waals surface area contributed by atoms with Gasteiger partial charge >= 0.3 is 0 Å². The highest BCUT2D eigenvalue weighted by molar-refractivity contribution is 5.61. The Bertz CT molecular complexity index is 774. The molecule has 0 bridgehead atoms. The molecule has 0 fully saturated rings. The third kappa shape index (κ3) is 2.77. The van der Waals surface area contributed by atoms with E-state index in [0.29, 0.717) is 5.69 Å². The molecule has 1 aliphatic heterocycles. The first-order chi connectivity index (χ1) is 10.9. The van der Waals surface area contributed by atoms with Crippen molar-refractivity contribution in [1.29, 1.82) is 0 Å². The van der Waals surface area contributed by atoms with Gasteiger partial charge in [-0.3, -0.25) is 0 Å². The molecule has 0 aliphatic carbocycles. The van der Waals surface area contributed by atoms with Crippen LogP contribution >= 0.6 is 0 Å². The molecule has 0 radical (unpaired) electrons. The van der Waals surface area contributed by atoms with Crippen LogP contribution in [0.3, 0.4) is 0 Å². The molecule has 0 aromatic heterocycles. The van der Waals surface area contributed by atoms with Gasteiger partial charge in [0.1, 0.15) is 6.04 Å². The quantitative estimate of drug-likeness (QED) is 0.421. The van der Waals surface area contributed by atoms with Crippen molar-refractivity contribution in [1.82, 2.24) is 5.06 Å². The van der Waals surface area contributed by atoms with Crippen LogP contribution in [-0.4, -0.2) is 10.6 Å². The van der Waals surface area contributed by atoms with Crippen molar-refractivity contribution in [3.05, 3.63) is 69.6 Å². The Kier molecular flexibility index (Phi) is 3.76. The average molecular weight is 308 g/mol. The molecule has 0 saturated heterocycles. The summed E-state index contributed by atoms with van der Waals surface area (Å²) in [6.45, 7) is 8.29. The number of hydroxylamine groups is 2. The lowest BCUT2D eigenvalue weighted by atomic mass is 9.93. The van der Waals surface area contributed by atoms with Crippen molar-refractivity contribution in [3.63, 3.8) is 0 Å². The molecule has 23 heavy (non-hydrogen) atoms. The standard InChI is InChI=1S/C18H20N4O/c1-12-10-14(20-21-19)16-15(11-12)23-22(18(2,3)4)17(16)13-8-6-5-7-9-13/h5-11,17H,1-4H3. The zero-order chi connectivity index (χ0) is 16.6. The van der Waals surface area contributed by atoms with E-state index < -0.39 is 0 Å². The van der Waals surface area contributed by atoms with Gasteiger partial charge in [0.25, 0.3) is 0 Å². The van der Waals surface area contributed by atoms with Gasteiger partial charge in [-0.2, -0.15) is 0 Å². The Labute approximate surface area is 136 Å². The highest BCUT2D eigenvalue weighted by Gasteiger charge is 2.41. The maximum atomic E-state index is 8.93. The minimum atomic E-state index is -0.207. The number of hydrogen-bond acceptors (Lipinski definition) is 3. The molecule has 5 heteroatoms. The monoisotopic (exact) mass is 308 g/mol. The van der Waals surface area contributed by atoms with E-state index in [1.807, 2.05) is 42.3 Å². The van der Waals surface area contributed by atoms with E-state index in [2.05, 4.69) is 42.9 Å². The van der Waals surface area contributed by atoms with E-state index in [4.69, 9.17) is 10.4 Å². The van der Waals surface area contributed by atoms with Crippen LogP contribution in [0.5, 0.6) is 5.75 Å². The molecule has 1 aliphatic rings. The second-order valence-corrected chi connectivity index (χ2v) is 6.79. The molecule has 0 amide bonds. The van der Waals surface area contributed by atoms with Crippen molar-refractivity contribution in [2.24, 2.45) is 5.11 Å². The van der Waals surface area contributed by atoms with E-state index in [1.165, 1.54) is 0 Å². The van der Waals surface area contributed by atoms with E-state index in [0.717, 1.165) is 22.4 Å². The highest BCUT2D eigenvalue weighted by Crippen LogP contribution is 2.49. The second kappa shape index (κ2) is 5.61. The summed E-state index contributed by atoms with van der Waals surface area (Å²) in [5, 5.41) is 5.88. The predicted octanol–water partition coefficient (Wildman–Crippen LogP) is 5.43. The summed E-state index contributed by atoms with van der Waals surface area (Å²) < 4.78 is 0. The molecular formula is C18H20N4O. The molecule has 1 unspecified atom stereocenters. The lowest BCUT2D eigenvalue weighted by Crippen LogP contribution is -2.43. The Morgan fingerprint density at radius 3 is 2.48 bits per heavy atom. The lowest BCUT2D eigenvalue weighted by molar-refractivity contribution is -0.128. The number of benzene rings is 2. The first-order valence-electron chi connectivity index (χ1n) is 7.63. The molecule has 3 rings (SSSR count). The van der Waals surface area contributed by atoms with Crippen molar-refractivity contribution >= 4 is 5.69 Å². The normalized spacial score (nSPS) is 17.3. The Hall–Kier alpha value is -2.49. The van der Waals surface area contributed by atoms with Gasteiger partial charge in [-0.15, -0.1) is 5.06 Å². The summed E-state index contributed by atoms with van der Waals surface area (Å²) in [6.07, 6.45) is 0. The van der Waals surface area contributed by atoms with Crippen LogP contribution in [0.2, 0.25) is 0 Å². The van der Waals surface area contributed by atoms with Crippen molar-refractivity contribution in [3.8, 4) is 5.75 Å². The summed E-state index contributed by atoms with van der Waals surface area (Å²) in [7, 11) is 0. The number of rotatable bonds is 2. The Morgan fingerprint density at radius 2 is 1.87 bits per heavy atom. The summed E-state index contributed by atoms with van der Waals surface area (Å²) in [6, 6.07) is 13.9. The third-order valence-corrected chi connectivity index (χ3v) is 3.90. The van der Waals surface area contributed by atoms with Crippen LogP contribution < -0.4 is 4.84 Å². The first-order valence-corrected chi connectivity index (χ1v) is 7.63. The van der Waals surface area contributed by atoms with Crippen LogP contribution in [0.25, 0.3) is 10.4 Å². The molecular weight excluding hydrogens is 288 g/mol. The largest absolute Gasteiger partial charge is 0.404 e. The van der Waals surface area contributed by atoms with Gasteiger partial charge in [-0.1, -0.05) is 35.4 Å². The van der Waals surface area contributed by atoms with E-state index >= 15 is 0 Å². The van der Waals surface area contributed by atoms with Crippen LogP contribution in [0, 0.1) is 6.92 Å². The molecule has 2 aromatic rings. The SMILES string of the molecule is Cc1cc(N=[N+]=[N-])c2c(c1)ON(C(C)(C)C)C2c1ccccc1. The molecule has 0 spiro atoms. The van der Waals surface area contributed by atoms with Crippen LogP contribution in [0.15, 0.2) is 47.6 Å². The van der Waals surface area contributed by atoms with Crippen molar-refractivity contribution in [2.45, 2.75) is 39.3 Å². The highest BCUT2D eigenvalue weighted by atomic mass is 16.7. The zero-order valence-electron chi connectivity index (χ0n) is 13.8. The molecule has 5 nitrogen and oxygen atoms in total. The second-order valence-electron chi connectivity index (χ2n) is 6.79. The van der Waals surface area contributed by atoms with Crippen LogP contribution in [0.1, 0.15) is 43.5 Å². The van der Waals surface area contributed by atoms with Gasteiger partial charge < -0.3 is 4.84 Å². The minimum absolute atomic E-state index is 0.104. The molecule has 2 aromatic carbocycles. The van der Waals surface area contributed by atoms with E-state index in [9.17, 15) is 0 Å². The van der Waals surface area contributed by atoms with Gasteiger partial charge in [0.15, 0.2) is 5.75 Å². The van der Waals surface area contributed by atoms with Crippen molar-refractivity contribution in [2.75, 3.05) is 0 Å². The number of nitrogens with zero attached hydrogens (tertiary/aromatic N) is 4. The van der Waals surface area contributed by atoms with Gasteiger partial charge in [-0.05, 0) is 56.5 Å². The third-order valence-electron chi connectivity index (χ3n) is 3.90. The fourth-order valence-corrected chi connectivity index (χ4v) is 2.96. The zero-order valence-corrected chi connectivity index (χ0v) is 13.8. The molecule has 0 N–H and O–H groups in total. The minimum Gasteiger partial charge on any atom is -0.404 e. The summed E-state index contributed by atoms with van der Waals surface area (Å²) in [4.78, 5) is 9.15. The first kappa shape index (κ1) is 15.4. The number of aryl methyl sites for hydroxylation is 1. The molecule has 0 saturated carbocycles. The maximum Gasteiger partial charge on any atom is 0.153 e. The van der Waals surface area contributed by atoms with Gasteiger partial charge in [0.05, 0.1) is 0 Å². The van der Waals surface area contributed by atoms with Gasteiger partial charge in [0.2, 0.25) is 0 Å². The summed E-state index contributed by atoms with van der Waals surface area (Å²) in [5.74, 6) is 0.760. The van der Waals surface area contributed by atoms with Gasteiger partial charge in [-0.25, -0.2) is 0 Å². The predicted molar refractivity (Wildman–Crippen MR) is 90.5 cm³/mol. The molecule has 1 atom stereocenters. The van der Waals surface area contributed by atoms with Crippen LogP contribution in [0.4, 0.5) is 5.69 Å². The number of azide groups is 1. The van der Waals surface area contributed by atoms with E-state index in [1.54, 1.807) is 0 Å². The lowest BCUT2D eigenvalue weighted by Gasteiger charge is -2.34. The molecule has 118 valence electrons. The van der Waals surface area contributed by atoms with Crippen molar-refractivity contribution < 1.29 is 4.84 Å². The maximum absolute atomic E-state index is 8.93.